The number of nitrogens with zero attached hydrogens (tertiary/aromatic N) is 3. The van der Waals surface area contributed by atoms with Crippen LogP contribution in [0.3, 0.4) is 0 Å². The van der Waals surface area contributed by atoms with Crippen molar-refractivity contribution < 1.29 is 19.1 Å². The molecule has 0 aliphatic carbocycles. The van der Waals surface area contributed by atoms with Gasteiger partial charge in [-0.25, -0.2) is 14.5 Å². The molecule has 0 fully saturated rings. The minimum absolute atomic E-state index is 0.147. The summed E-state index contributed by atoms with van der Waals surface area (Å²) in [5, 5.41) is 4.87. The molecule has 0 aliphatic rings. The lowest BCUT2D eigenvalue weighted by molar-refractivity contribution is 0.0462. The van der Waals surface area contributed by atoms with Crippen molar-refractivity contribution in [1.29, 1.82) is 0 Å². The highest BCUT2D eigenvalue weighted by Gasteiger charge is 2.21. The first kappa shape index (κ1) is 22.2. The van der Waals surface area contributed by atoms with E-state index in [1.807, 2.05) is 61.5 Å². The average molecular weight is 462 g/mol. The number of benzene rings is 3. The van der Waals surface area contributed by atoms with Gasteiger partial charge in [0, 0.05) is 16.1 Å². The molecule has 0 saturated carbocycles. The molecule has 1 heterocycles. The Balaban J connectivity index is 1.58. The molecule has 0 N–H and O–H groups in total. The van der Waals surface area contributed by atoms with Crippen molar-refractivity contribution >= 4 is 23.4 Å². The fourth-order valence-corrected chi connectivity index (χ4v) is 3.24. The minimum Gasteiger partial charge on any atom is -0.494 e. The molecule has 7 nitrogen and oxygen atoms in total. The van der Waals surface area contributed by atoms with E-state index in [0.717, 1.165) is 11.3 Å². The summed E-state index contributed by atoms with van der Waals surface area (Å²) in [6.07, 6.45) is 0. The second-order valence-corrected chi connectivity index (χ2v) is 7.41. The Morgan fingerprint density at radius 3 is 2.30 bits per heavy atom. The van der Waals surface area contributed by atoms with Gasteiger partial charge in [-0.2, -0.15) is 0 Å². The van der Waals surface area contributed by atoms with Crippen LogP contribution in [0.4, 0.5) is 0 Å². The maximum absolute atomic E-state index is 12.6. The third-order valence-corrected chi connectivity index (χ3v) is 4.97. The van der Waals surface area contributed by atoms with Gasteiger partial charge >= 0.3 is 5.97 Å². The zero-order valence-electron chi connectivity index (χ0n) is 17.8. The summed E-state index contributed by atoms with van der Waals surface area (Å²) in [4.78, 5) is 29.4. The van der Waals surface area contributed by atoms with E-state index in [1.54, 1.807) is 28.9 Å². The number of Topliss-reactive ketones (excluding diaryl/α,β-unsaturated/α-hetero) is 1. The predicted octanol–water partition coefficient (Wildman–Crippen LogP) is 5.03. The molecule has 0 atom stereocenters. The fourth-order valence-electron chi connectivity index (χ4n) is 3.12. The largest absolute Gasteiger partial charge is 0.494 e. The first-order chi connectivity index (χ1) is 16.0. The van der Waals surface area contributed by atoms with Crippen molar-refractivity contribution in [1.82, 2.24) is 14.8 Å². The molecule has 0 radical (unpaired) electrons. The molecule has 4 rings (SSSR count). The molecule has 8 heteroatoms. The van der Waals surface area contributed by atoms with Gasteiger partial charge < -0.3 is 9.47 Å². The van der Waals surface area contributed by atoms with Crippen LogP contribution in [0, 0.1) is 0 Å². The Morgan fingerprint density at radius 1 is 0.939 bits per heavy atom. The zero-order valence-corrected chi connectivity index (χ0v) is 18.5. The van der Waals surface area contributed by atoms with Crippen molar-refractivity contribution in [3.05, 3.63) is 95.3 Å². The fraction of sp³-hybridized carbons (Fsp3) is 0.120. The Hall–Kier alpha value is -3.97. The Kier molecular flexibility index (Phi) is 6.80. The van der Waals surface area contributed by atoms with E-state index in [9.17, 15) is 9.59 Å². The number of halogens is 1. The van der Waals surface area contributed by atoms with Crippen LogP contribution in [0.15, 0.2) is 78.9 Å². The van der Waals surface area contributed by atoms with E-state index >= 15 is 0 Å². The van der Waals surface area contributed by atoms with Crippen LogP contribution >= 0.6 is 11.6 Å². The van der Waals surface area contributed by atoms with Crippen LogP contribution < -0.4 is 4.74 Å². The average Bonchev–Trinajstić information content (AvgIpc) is 3.30. The smallest absolute Gasteiger partial charge is 0.378 e. The van der Waals surface area contributed by atoms with Gasteiger partial charge in [0.1, 0.15) is 5.75 Å². The lowest BCUT2D eigenvalue weighted by Crippen LogP contribution is -2.15. The second-order valence-electron chi connectivity index (χ2n) is 6.97. The number of aromatic nitrogens is 3. The first-order valence-corrected chi connectivity index (χ1v) is 10.6. The van der Waals surface area contributed by atoms with E-state index in [1.165, 1.54) is 0 Å². The van der Waals surface area contributed by atoms with Crippen molar-refractivity contribution in [2.24, 2.45) is 0 Å². The lowest BCUT2D eigenvalue weighted by Gasteiger charge is -2.07. The van der Waals surface area contributed by atoms with Gasteiger partial charge in [0.2, 0.25) is 0 Å². The van der Waals surface area contributed by atoms with E-state index < -0.39 is 12.6 Å². The van der Waals surface area contributed by atoms with Crippen molar-refractivity contribution in [2.45, 2.75) is 6.92 Å². The molecule has 0 amide bonds. The summed E-state index contributed by atoms with van der Waals surface area (Å²) in [5.74, 6) is -0.0984. The summed E-state index contributed by atoms with van der Waals surface area (Å²) in [7, 11) is 0. The highest BCUT2D eigenvalue weighted by Crippen LogP contribution is 2.23. The summed E-state index contributed by atoms with van der Waals surface area (Å²) in [6.45, 7) is 2.04. The third kappa shape index (κ3) is 5.27. The minimum atomic E-state index is -0.792. The maximum atomic E-state index is 12.6. The number of ketones is 1. The molecule has 0 aliphatic heterocycles. The standard InChI is InChI=1S/C25H20ClN3O4/c1-2-32-21-14-12-20(13-15-21)29-24(18-6-4-3-5-7-18)27-23(28-29)25(31)33-16-22(30)17-8-10-19(26)11-9-17/h3-15H,2,16H2,1H3. The second kappa shape index (κ2) is 10.1. The van der Waals surface area contributed by atoms with Crippen LogP contribution in [0.25, 0.3) is 17.1 Å². The topological polar surface area (TPSA) is 83.3 Å². The Morgan fingerprint density at radius 2 is 1.64 bits per heavy atom. The molecule has 166 valence electrons. The van der Waals surface area contributed by atoms with Crippen molar-refractivity contribution in [3.8, 4) is 22.8 Å². The first-order valence-electron chi connectivity index (χ1n) is 10.3. The summed E-state index contributed by atoms with van der Waals surface area (Å²) >= 11 is 5.84. The van der Waals surface area contributed by atoms with E-state index in [-0.39, 0.29) is 11.6 Å². The van der Waals surface area contributed by atoms with Crippen molar-refractivity contribution in [3.63, 3.8) is 0 Å². The van der Waals surface area contributed by atoms with Gasteiger partial charge in [-0.1, -0.05) is 41.9 Å². The molecule has 3 aromatic carbocycles. The molecular weight excluding hydrogens is 442 g/mol. The summed E-state index contributed by atoms with van der Waals surface area (Å²) in [5.41, 5.74) is 1.86. The molecule has 0 spiro atoms. The van der Waals surface area contributed by atoms with Gasteiger partial charge in [-0.3, -0.25) is 4.79 Å². The van der Waals surface area contributed by atoms with Gasteiger partial charge in [-0.05, 0) is 55.5 Å². The van der Waals surface area contributed by atoms with Crippen molar-refractivity contribution in [2.75, 3.05) is 13.2 Å². The van der Waals surface area contributed by atoms with Crippen LogP contribution in [-0.4, -0.2) is 39.7 Å². The monoisotopic (exact) mass is 461 g/mol. The maximum Gasteiger partial charge on any atom is 0.378 e. The van der Waals surface area contributed by atoms with E-state index in [4.69, 9.17) is 21.1 Å². The number of ether oxygens (including phenoxy) is 2. The van der Waals surface area contributed by atoms with Gasteiger partial charge in [0.25, 0.3) is 5.82 Å². The van der Waals surface area contributed by atoms with Gasteiger partial charge in [-0.15, -0.1) is 5.10 Å². The molecule has 0 saturated heterocycles. The summed E-state index contributed by atoms with van der Waals surface area (Å²) in [6, 6.07) is 23.0. The molecule has 0 bridgehead atoms. The zero-order chi connectivity index (χ0) is 23.2. The molecule has 0 unspecified atom stereocenters. The third-order valence-electron chi connectivity index (χ3n) is 4.71. The van der Waals surface area contributed by atoms with Crippen LogP contribution in [-0.2, 0) is 4.74 Å². The van der Waals surface area contributed by atoms with Crippen LogP contribution in [0.2, 0.25) is 5.02 Å². The highest BCUT2D eigenvalue weighted by molar-refractivity contribution is 6.30. The van der Waals surface area contributed by atoms with Crippen LogP contribution in [0.5, 0.6) is 5.75 Å². The number of rotatable bonds is 8. The highest BCUT2D eigenvalue weighted by atomic mass is 35.5. The summed E-state index contributed by atoms with van der Waals surface area (Å²) < 4.78 is 12.2. The Labute approximate surface area is 195 Å². The SMILES string of the molecule is CCOc1ccc(-n2nc(C(=O)OCC(=O)c3ccc(Cl)cc3)nc2-c2ccccc2)cc1. The lowest BCUT2D eigenvalue weighted by atomic mass is 10.1. The number of carbonyl (C=O) groups excluding carboxylic acids is 2. The number of carbonyl (C=O) groups is 2. The Bertz CT molecular complexity index is 1250. The van der Waals surface area contributed by atoms with E-state index in [0.29, 0.717) is 28.7 Å². The number of hydrogen-bond donors (Lipinski definition) is 0. The van der Waals surface area contributed by atoms with Gasteiger partial charge in [0.15, 0.2) is 18.2 Å². The van der Waals surface area contributed by atoms with Crippen LogP contribution in [0.1, 0.15) is 27.9 Å². The van der Waals surface area contributed by atoms with E-state index in [2.05, 4.69) is 10.1 Å². The normalized spacial score (nSPS) is 10.6. The quantitative estimate of drug-likeness (QED) is 0.270. The number of hydrogen-bond acceptors (Lipinski definition) is 6. The predicted molar refractivity (Wildman–Crippen MR) is 124 cm³/mol. The molecular formula is C25H20ClN3O4. The van der Waals surface area contributed by atoms with Gasteiger partial charge in [0.05, 0.1) is 12.3 Å². The molecule has 33 heavy (non-hydrogen) atoms. The number of esters is 1. The molecule has 1 aromatic heterocycles. The molecule has 4 aromatic rings.